The van der Waals surface area contributed by atoms with E-state index in [4.69, 9.17) is 4.74 Å². The van der Waals surface area contributed by atoms with Crippen molar-refractivity contribution >= 4 is 25.0 Å². The molecule has 1 aliphatic heterocycles. The number of rotatable bonds is 11. The quantitative estimate of drug-likeness (QED) is 0.179. The highest BCUT2D eigenvalue weighted by molar-refractivity contribution is 6.76. The minimum atomic E-state index is -4.84. The van der Waals surface area contributed by atoms with Gasteiger partial charge in [0, 0.05) is 70.2 Å². The van der Waals surface area contributed by atoms with E-state index in [1.807, 2.05) is 27.7 Å². The van der Waals surface area contributed by atoms with Gasteiger partial charge in [-0.3, -0.25) is 14.4 Å². The van der Waals surface area contributed by atoms with Crippen LogP contribution in [0, 0.1) is 11.3 Å². The van der Waals surface area contributed by atoms with Gasteiger partial charge in [0.15, 0.2) is 0 Å². The first-order chi connectivity index (χ1) is 23.3. The molecule has 4 aromatic heterocycles. The summed E-state index contributed by atoms with van der Waals surface area (Å²) in [7, 11) is -1.19. The summed E-state index contributed by atoms with van der Waals surface area (Å²) in [6.07, 6.45) is 3.97. The van der Waals surface area contributed by atoms with Crippen LogP contribution in [0.3, 0.4) is 0 Å². The van der Waals surface area contributed by atoms with Crippen LogP contribution in [-0.4, -0.2) is 102 Å². The van der Waals surface area contributed by atoms with E-state index in [-0.39, 0.29) is 18.2 Å². The number of aliphatic hydroxyl groups is 1. The Hall–Kier alpha value is -4.24. The van der Waals surface area contributed by atoms with Crippen LogP contribution in [0.5, 0.6) is 0 Å². The third-order valence-corrected chi connectivity index (χ3v) is 11.0. The lowest BCUT2D eigenvalue weighted by atomic mass is 9.70. The summed E-state index contributed by atoms with van der Waals surface area (Å²) in [5.41, 5.74) is 1.18. The molecule has 1 amide bonds. The molecule has 0 unspecified atom stereocenters. The molecular weight excluding hydrogens is 657 g/mol. The lowest BCUT2D eigenvalue weighted by Gasteiger charge is -2.52. The average Bonchev–Trinajstić information content (AvgIpc) is 3.71. The van der Waals surface area contributed by atoms with Gasteiger partial charge in [-0.1, -0.05) is 19.6 Å². The highest BCUT2D eigenvalue weighted by Gasteiger charge is 2.49. The molecule has 4 aromatic rings. The molecule has 13 nitrogen and oxygen atoms in total. The molecule has 2 aliphatic rings. The van der Waals surface area contributed by atoms with E-state index in [9.17, 15) is 28.3 Å². The molecule has 5 heterocycles. The highest BCUT2D eigenvalue weighted by Crippen LogP contribution is 2.45. The highest BCUT2D eigenvalue weighted by atomic mass is 28.3. The predicted molar refractivity (Wildman–Crippen MR) is 175 cm³/mol. The number of nitriles is 1. The molecule has 0 radical (unpaired) electrons. The molecular formula is C32H39F3N10O3Si. The van der Waals surface area contributed by atoms with Gasteiger partial charge in [-0.2, -0.15) is 23.5 Å². The summed E-state index contributed by atoms with van der Waals surface area (Å²) < 4.78 is 49.6. The second-order valence-corrected chi connectivity index (χ2v) is 19.6. The molecule has 1 saturated heterocycles. The Morgan fingerprint density at radius 1 is 1.16 bits per heavy atom. The predicted octanol–water partition coefficient (Wildman–Crippen LogP) is 4.14. The lowest BCUT2D eigenvalue weighted by molar-refractivity contribution is -0.145. The maximum absolute atomic E-state index is 13.3. The standard InChI is InChI=1S/C32H39F3N10O3Si/c1-49(2,3)13-12-48-21-44-7-4-25-27(37-20-38-28(25)44)22-17-39-45(18-22)31(5-6-36)15-24(16-31)42-8-10-43(11-9-42)29(47)26-14-23(19-46)40-30(41-26)32(33,34)35/h4,7,14,17-18,20,24,46H,5,8-13,15-16,19,21H2,1-3H3/t24-,31+. The largest absolute Gasteiger partial charge is 0.451 e. The van der Waals surface area contributed by atoms with E-state index in [0.717, 1.165) is 34.4 Å². The van der Waals surface area contributed by atoms with Crippen LogP contribution in [0.25, 0.3) is 22.3 Å². The number of piperazine rings is 1. The summed E-state index contributed by atoms with van der Waals surface area (Å²) in [6, 6.07) is 6.63. The number of halogens is 3. The Morgan fingerprint density at radius 3 is 2.59 bits per heavy atom. The second-order valence-electron chi connectivity index (χ2n) is 13.9. The van der Waals surface area contributed by atoms with E-state index < -0.39 is 43.8 Å². The van der Waals surface area contributed by atoms with Crippen LogP contribution in [0.4, 0.5) is 13.2 Å². The number of hydrogen-bond donors (Lipinski definition) is 1. The topological polar surface area (TPSA) is 151 Å². The minimum absolute atomic E-state index is 0.149. The van der Waals surface area contributed by atoms with E-state index in [0.29, 0.717) is 52.4 Å². The van der Waals surface area contributed by atoms with Gasteiger partial charge in [0.05, 0.1) is 42.2 Å². The van der Waals surface area contributed by atoms with Crippen molar-refractivity contribution in [2.75, 3.05) is 32.8 Å². The zero-order chi connectivity index (χ0) is 35.0. The number of fused-ring (bicyclic) bond motifs is 1. The number of nitrogens with zero attached hydrogens (tertiary/aromatic N) is 10. The fraction of sp³-hybridized carbons (Fsp3) is 0.531. The van der Waals surface area contributed by atoms with Crippen LogP contribution < -0.4 is 0 Å². The van der Waals surface area contributed by atoms with Gasteiger partial charge in [0.1, 0.15) is 24.4 Å². The number of aliphatic hydroxyl groups excluding tert-OH is 1. The first kappa shape index (κ1) is 34.6. The number of aromatic nitrogens is 7. The summed E-state index contributed by atoms with van der Waals surface area (Å²) in [4.78, 5) is 32.6. The van der Waals surface area contributed by atoms with E-state index >= 15 is 0 Å². The maximum atomic E-state index is 13.3. The minimum Gasteiger partial charge on any atom is -0.390 e. The zero-order valence-electron chi connectivity index (χ0n) is 27.7. The molecule has 0 aromatic carbocycles. The van der Waals surface area contributed by atoms with E-state index in [1.54, 1.807) is 6.20 Å². The van der Waals surface area contributed by atoms with Crippen LogP contribution in [0.1, 0.15) is 41.3 Å². The number of carbonyl (C=O) groups is 1. The van der Waals surface area contributed by atoms with Crippen molar-refractivity contribution in [2.24, 2.45) is 0 Å². The van der Waals surface area contributed by atoms with Crippen molar-refractivity contribution in [1.29, 1.82) is 5.26 Å². The van der Waals surface area contributed by atoms with E-state index in [2.05, 4.69) is 55.6 Å². The molecule has 1 aliphatic carbocycles. The third-order valence-electron chi connectivity index (χ3n) is 9.30. The molecule has 0 atom stereocenters. The third kappa shape index (κ3) is 7.37. The van der Waals surface area contributed by atoms with Crippen LogP contribution >= 0.6 is 0 Å². The summed E-state index contributed by atoms with van der Waals surface area (Å²) in [5, 5.41) is 24.7. The van der Waals surface area contributed by atoms with Crippen LogP contribution in [0.2, 0.25) is 25.7 Å². The van der Waals surface area contributed by atoms with Gasteiger partial charge in [0.25, 0.3) is 5.91 Å². The number of amides is 1. The van der Waals surface area contributed by atoms with E-state index in [1.165, 1.54) is 11.2 Å². The van der Waals surface area contributed by atoms with Gasteiger partial charge in [-0.25, -0.2) is 19.9 Å². The maximum Gasteiger partial charge on any atom is 0.451 e. The molecule has 17 heteroatoms. The summed E-state index contributed by atoms with van der Waals surface area (Å²) in [5.74, 6) is -2.09. The summed E-state index contributed by atoms with van der Waals surface area (Å²) >= 11 is 0. The first-order valence-electron chi connectivity index (χ1n) is 16.2. The molecule has 49 heavy (non-hydrogen) atoms. The Labute approximate surface area is 282 Å². The fourth-order valence-electron chi connectivity index (χ4n) is 6.49. The zero-order valence-corrected chi connectivity index (χ0v) is 28.7. The van der Waals surface area contributed by atoms with Crippen molar-refractivity contribution < 1.29 is 27.8 Å². The number of ether oxygens (including phenoxy) is 1. The van der Waals surface area contributed by atoms with Gasteiger partial charge in [-0.15, -0.1) is 0 Å². The van der Waals surface area contributed by atoms with Gasteiger partial charge in [0.2, 0.25) is 5.82 Å². The Balaban J connectivity index is 1.09. The Bertz CT molecular complexity index is 1850. The second kappa shape index (κ2) is 13.6. The van der Waals surface area contributed by atoms with Crippen LogP contribution in [0.15, 0.2) is 37.1 Å². The normalized spacial score (nSPS) is 20.4. The molecule has 1 N–H and O–H groups in total. The number of hydrogen-bond acceptors (Lipinski definition) is 10. The Morgan fingerprint density at radius 2 is 1.92 bits per heavy atom. The molecule has 2 fully saturated rings. The molecule has 1 saturated carbocycles. The molecule has 0 spiro atoms. The SMILES string of the molecule is C[Si](C)(C)CCOCn1ccc2c(-c3cnn([C@]4(CC#N)C[C@H](N5CCN(C(=O)c6cc(CO)nc(C(F)(F)F)n6)CC5)C4)c3)ncnc21. The Kier molecular flexibility index (Phi) is 9.59. The average molecular weight is 697 g/mol. The number of alkyl halides is 3. The lowest BCUT2D eigenvalue weighted by Crippen LogP contribution is -2.60. The molecule has 6 rings (SSSR count). The van der Waals surface area contributed by atoms with Crippen molar-refractivity contribution in [1.82, 2.24) is 44.1 Å². The van der Waals surface area contributed by atoms with Gasteiger partial charge < -0.3 is 19.3 Å². The number of carbonyl (C=O) groups excluding carboxylic acids is 1. The van der Waals surface area contributed by atoms with Gasteiger partial charge >= 0.3 is 6.18 Å². The van der Waals surface area contributed by atoms with Crippen LogP contribution in [-0.2, 0) is 29.8 Å². The molecule has 0 bridgehead atoms. The van der Waals surface area contributed by atoms with Crippen molar-refractivity contribution in [3.05, 3.63) is 54.3 Å². The van der Waals surface area contributed by atoms with Crippen molar-refractivity contribution in [3.8, 4) is 17.3 Å². The molecule has 260 valence electrons. The first-order valence-corrected chi connectivity index (χ1v) is 19.9. The summed E-state index contributed by atoms with van der Waals surface area (Å²) in [6.45, 7) is 8.97. The van der Waals surface area contributed by atoms with Crippen molar-refractivity contribution in [3.63, 3.8) is 0 Å². The smallest absolute Gasteiger partial charge is 0.390 e. The van der Waals surface area contributed by atoms with Gasteiger partial charge in [-0.05, 0) is 31.0 Å². The monoisotopic (exact) mass is 696 g/mol. The fourth-order valence-corrected chi connectivity index (χ4v) is 7.24. The van der Waals surface area contributed by atoms with Crippen molar-refractivity contribution in [2.45, 2.75) is 76.0 Å².